The van der Waals surface area contributed by atoms with Gasteiger partial charge in [-0.3, -0.25) is 9.79 Å². The molecule has 5 atom stereocenters. The number of amides is 1. The molecule has 186 valence electrons. The summed E-state index contributed by atoms with van der Waals surface area (Å²) in [5, 5.41) is 23.5. The molecule has 1 saturated heterocycles. The van der Waals surface area contributed by atoms with Crippen molar-refractivity contribution >= 4 is 17.4 Å². The van der Waals surface area contributed by atoms with Crippen molar-refractivity contribution in [3.05, 3.63) is 52.5 Å². The number of halogens is 3. The summed E-state index contributed by atoms with van der Waals surface area (Å²) < 4.78 is 43.5. The number of aromatic nitrogens is 2. The number of nitrogens with one attached hydrogen (secondary N) is 1. The van der Waals surface area contributed by atoms with E-state index < -0.39 is 48.0 Å². The third-order valence-electron chi connectivity index (χ3n) is 7.01. The van der Waals surface area contributed by atoms with E-state index in [9.17, 15) is 28.2 Å². The molecule has 3 heterocycles. The second kappa shape index (κ2) is 9.19. The smallest absolute Gasteiger partial charge is 0.273 e. The van der Waals surface area contributed by atoms with Crippen molar-refractivity contribution in [2.75, 3.05) is 11.9 Å². The van der Waals surface area contributed by atoms with Crippen molar-refractivity contribution in [3.8, 4) is 0 Å². The van der Waals surface area contributed by atoms with Gasteiger partial charge in [-0.15, -0.1) is 0 Å². The number of hydrogen-bond acceptors (Lipinski definition) is 7. The molecule has 8 nitrogen and oxygen atoms in total. The Kier molecular flexibility index (Phi) is 6.22. The van der Waals surface area contributed by atoms with Crippen molar-refractivity contribution in [1.29, 1.82) is 0 Å². The van der Waals surface area contributed by atoms with Gasteiger partial charge in [0.05, 0.1) is 48.6 Å². The lowest BCUT2D eigenvalue weighted by molar-refractivity contribution is -0.125. The fourth-order valence-electron chi connectivity index (χ4n) is 5.23. The van der Waals surface area contributed by atoms with Crippen LogP contribution in [0, 0.1) is 18.6 Å². The van der Waals surface area contributed by atoms with Crippen LogP contribution in [0.4, 0.5) is 19.0 Å². The van der Waals surface area contributed by atoms with Gasteiger partial charge in [0.25, 0.3) is 5.91 Å². The summed E-state index contributed by atoms with van der Waals surface area (Å²) >= 11 is 0. The van der Waals surface area contributed by atoms with Gasteiger partial charge in [-0.05, 0) is 43.9 Å². The molecule has 1 aliphatic carbocycles. The van der Waals surface area contributed by atoms with Gasteiger partial charge in [0.1, 0.15) is 35.7 Å². The maximum Gasteiger partial charge on any atom is 0.273 e. The highest BCUT2D eigenvalue weighted by molar-refractivity contribution is 6.47. The highest BCUT2D eigenvalue weighted by Gasteiger charge is 2.42. The van der Waals surface area contributed by atoms with Gasteiger partial charge in [-0.2, -0.15) is 0 Å². The highest BCUT2D eigenvalue weighted by atomic mass is 19.1. The van der Waals surface area contributed by atoms with E-state index in [1.807, 2.05) is 0 Å². The summed E-state index contributed by atoms with van der Waals surface area (Å²) in [7, 11) is 0. The number of rotatable bonds is 4. The molecule has 2 aromatic rings. The zero-order valence-corrected chi connectivity index (χ0v) is 19.1. The van der Waals surface area contributed by atoms with Crippen LogP contribution in [0.25, 0.3) is 0 Å². The molecule has 0 unspecified atom stereocenters. The number of aliphatic imine (C=N–C) groups is 1. The number of carbonyl (C=O) groups excluding carboxylic acids is 1. The molecule has 2 fully saturated rings. The summed E-state index contributed by atoms with van der Waals surface area (Å²) in [5.41, 5.74) is 0.823. The molecule has 1 saturated carbocycles. The van der Waals surface area contributed by atoms with Crippen LogP contribution in [0.1, 0.15) is 54.1 Å². The lowest BCUT2D eigenvalue weighted by Crippen LogP contribution is -2.46. The third-order valence-corrected chi connectivity index (χ3v) is 7.01. The number of carbonyl (C=O) groups is 1. The molecule has 3 aliphatic rings. The summed E-state index contributed by atoms with van der Waals surface area (Å²) in [6, 6.07) is 0.571. The van der Waals surface area contributed by atoms with Crippen LogP contribution in [0.15, 0.2) is 23.5 Å². The normalized spacial score (nSPS) is 28.1. The van der Waals surface area contributed by atoms with Crippen molar-refractivity contribution in [2.24, 2.45) is 4.99 Å². The SMILES string of the molecule is Cc1cc(F)cc([C@H]2C[C@H](F)CN2C(=O)C2=NCc3ncnc(N[C@@H]4CCC[C@@H](O)[C@H]4O)c32)c1F. The second-order valence-corrected chi connectivity index (χ2v) is 9.38. The Hall–Kier alpha value is -3.05. The zero-order valence-electron chi connectivity index (χ0n) is 19.1. The Labute approximate surface area is 199 Å². The fourth-order valence-corrected chi connectivity index (χ4v) is 5.23. The molecular formula is C24H26F3N5O3. The Morgan fingerprint density at radius 1 is 1.20 bits per heavy atom. The van der Waals surface area contributed by atoms with Crippen LogP contribution in [-0.2, 0) is 11.3 Å². The van der Waals surface area contributed by atoms with Gasteiger partial charge in [0, 0.05) is 12.0 Å². The van der Waals surface area contributed by atoms with Gasteiger partial charge in [-0.25, -0.2) is 23.1 Å². The average Bonchev–Trinajstić information content (AvgIpc) is 3.43. The van der Waals surface area contributed by atoms with E-state index in [0.29, 0.717) is 30.5 Å². The van der Waals surface area contributed by atoms with Crippen molar-refractivity contribution < 1.29 is 28.2 Å². The van der Waals surface area contributed by atoms with E-state index in [1.54, 1.807) is 0 Å². The molecule has 5 rings (SSSR count). The van der Waals surface area contributed by atoms with Crippen LogP contribution in [0.3, 0.4) is 0 Å². The van der Waals surface area contributed by atoms with Crippen LogP contribution in [0.5, 0.6) is 0 Å². The first-order valence-corrected chi connectivity index (χ1v) is 11.7. The van der Waals surface area contributed by atoms with E-state index in [2.05, 4.69) is 20.3 Å². The second-order valence-electron chi connectivity index (χ2n) is 9.38. The average molecular weight is 489 g/mol. The van der Waals surface area contributed by atoms with Crippen LogP contribution < -0.4 is 5.32 Å². The maximum atomic E-state index is 14.9. The summed E-state index contributed by atoms with van der Waals surface area (Å²) in [4.78, 5) is 27.6. The predicted molar refractivity (Wildman–Crippen MR) is 121 cm³/mol. The van der Waals surface area contributed by atoms with Crippen LogP contribution >= 0.6 is 0 Å². The molecular weight excluding hydrogens is 463 g/mol. The van der Waals surface area contributed by atoms with Crippen molar-refractivity contribution in [3.63, 3.8) is 0 Å². The number of hydrogen-bond donors (Lipinski definition) is 3. The number of likely N-dealkylation sites (tertiary alicyclic amines) is 1. The van der Waals surface area contributed by atoms with E-state index in [0.717, 1.165) is 12.1 Å². The Morgan fingerprint density at radius 2 is 2.00 bits per heavy atom. The lowest BCUT2D eigenvalue weighted by atomic mass is 9.90. The Morgan fingerprint density at radius 3 is 2.80 bits per heavy atom. The summed E-state index contributed by atoms with van der Waals surface area (Å²) in [6.45, 7) is 1.24. The largest absolute Gasteiger partial charge is 0.390 e. The Balaban J connectivity index is 1.46. The number of benzene rings is 1. The van der Waals surface area contributed by atoms with E-state index in [-0.39, 0.29) is 42.2 Å². The molecule has 3 N–H and O–H groups in total. The molecule has 0 bridgehead atoms. The lowest BCUT2D eigenvalue weighted by Gasteiger charge is -2.33. The number of fused-ring (bicyclic) bond motifs is 1. The van der Waals surface area contributed by atoms with Gasteiger partial charge in [0.15, 0.2) is 0 Å². The highest BCUT2D eigenvalue weighted by Crippen LogP contribution is 2.38. The van der Waals surface area contributed by atoms with E-state index >= 15 is 0 Å². The first kappa shape index (κ1) is 23.7. The molecule has 35 heavy (non-hydrogen) atoms. The first-order valence-electron chi connectivity index (χ1n) is 11.7. The number of aliphatic hydroxyl groups is 2. The van der Waals surface area contributed by atoms with Gasteiger partial charge in [-0.1, -0.05) is 0 Å². The minimum absolute atomic E-state index is 0.00146. The number of aryl methyl sites for hydroxylation is 1. The molecule has 0 radical (unpaired) electrons. The summed E-state index contributed by atoms with van der Waals surface area (Å²) in [6.07, 6.45) is -0.350. The minimum Gasteiger partial charge on any atom is -0.390 e. The molecule has 1 amide bonds. The number of aliphatic hydroxyl groups excluding tert-OH is 2. The van der Waals surface area contributed by atoms with Crippen molar-refractivity contribution in [1.82, 2.24) is 14.9 Å². The van der Waals surface area contributed by atoms with Crippen molar-refractivity contribution in [2.45, 2.75) is 69.6 Å². The van der Waals surface area contributed by atoms with Gasteiger partial charge < -0.3 is 20.4 Å². The van der Waals surface area contributed by atoms with E-state index in [4.69, 9.17) is 0 Å². The quantitative estimate of drug-likeness (QED) is 0.608. The third kappa shape index (κ3) is 4.27. The Bertz CT molecular complexity index is 1190. The monoisotopic (exact) mass is 489 g/mol. The number of anilines is 1. The number of alkyl halides is 1. The molecule has 1 aromatic heterocycles. The minimum atomic E-state index is -1.41. The van der Waals surface area contributed by atoms with Gasteiger partial charge in [0.2, 0.25) is 0 Å². The zero-order chi connectivity index (χ0) is 24.9. The van der Waals surface area contributed by atoms with Crippen LogP contribution in [0.2, 0.25) is 0 Å². The van der Waals surface area contributed by atoms with Crippen LogP contribution in [-0.4, -0.2) is 67.7 Å². The molecule has 1 aromatic carbocycles. The molecule has 11 heteroatoms. The summed E-state index contributed by atoms with van der Waals surface area (Å²) in [5.74, 6) is -1.69. The number of nitrogens with zero attached hydrogens (tertiary/aromatic N) is 4. The topological polar surface area (TPSA) is 111 Å². The maximum absolute atomic E-state index is 14.9. The standard InChI is InChI=1S/C24H26F3N5O3/c1-11-5-12(25)6-14(20(11)27)17-7-13(26)9-32(17)24(35)21-19-16(8-28-21)29-10-30-23(19)31-15-3-2-4-18(33)22(15)34/h5-6,10,13,15,17-18,22,33-34H,2-4,7-9H2,1H3,(H,29,30,31)/t13-,15+,17+,18+,22-/m0/s1. The first-order chi connectivity index (χ1) is 16.7. The van der Waals surface area contributed by atoms with E-state index in [1.165, 1.54) is 18.2 Å². The molecule has 2 aliphatic heterocycles. The fraction of sp³-hybridized carbons (Fsp3) is 0.500. The predicted octanol–water partition coefficient (Wildman–Crippen LogP) is 2.36. The molecule has 0 spiro atoms. The van der Waals surface area contributed by atoms with Gasteiger partial charge >= 0.3 is 0 Å².